The molecular formula is C20H25N5OS. The van der Waals surface area contributed by atoms with Crippen molar-refractivity contribution >= 4 is 17.4 Å². The lowest BCUT2D eigenvalue weighted by Crippen LogP contribution is -2.22. The molecule has 0 spiro atoms. The van der Waals surface area contributed by atoms with Crippen molar-refractivity contribution in [3.05, 3.63) is 35.5 Å². The van der Waals surface area contributed by atoms with Crippen molar-refractivity contribution in [3.8, 4) is 21.3 Å². The van der Waals surface area contributed by atoms with Crippen LogP contribution in [0, 0.1) is 6.92 Å². The number of aromatic nitrogens is 3. The Balaban J connectivity index is 1.55. The first kappa shape index (κ1) is 18.1. The van der Waals surface area contributed by atoms with Crippen LogP contribution in [0.3, 0.4) is 0 Å². The zero-order chi connectivity index (χ0) is 19.0. The summed E-state index contributed by atoms with van der Waals surface area (Å²) in [4.78, 5) is 5.65. The van der Waals surface area contributed by atoms with Gasteiger partial charge in [0.15, 0.2) is 0 Å². The van der Waals surface area contributed by atoms with Crippen molar-refractivity contribution in [3.63, 3.8) is 0 Å². The van der Waals surface area contributed by atoms with E-state index in [0.717, 1.165) is 40.7 Å². The highest BCUT2D eigenvalue weighted by atomic mass is 32.1. The summed E-state index contributed by atoms with van der Waals surface area (Å²) in [6.45, 7) is 10.6. The number of hydrogen-bond acceptors (Lipinski definition) is 7. The Labute approximate surface area is 163 Å². The lowest BCUT2D eigenvalue weighted by Gasteiger charge is -2.18. The molecule has 142 valence electrons. The molecule has 1 fully saturated rings. The van der Waals surface area contributed by atoms with Gasteiger partial charge in [-0.2, -0.15) is 0 Å². The third-order valence-electron chi connectivity index (χ3n) is 4.80. The Morgan fingerprint density at radius 2 is 1.96 bits per heavy atom. The van der Waals surface area contributed by atoms with E-state index in [9.17, 15) is 0 Å². The Bertz CT molecular complexity index is 917. The van der Waals surface area contributed by atoms with Crippen LogP contribution in [0.25, 0.3) is 21.3 Å². The summed E-state index contributed by atoms with van der Waals surface area (Å²) >= 11 is 1.59. The van der Waals surface area contributed by atoms with E-state index in [1.54, 1.807) is 11.3 Å². The van der Waals surface area contributed by atoms with Crippen LogP contribution in [0.1, 0.15) is 38.4 Å². The largest absolute Gasteiger partial charge is 0.402 e. The van der Waals surface area contributed by atoms with Gasteiger partial charge in [-0.25, -0.2) is 4.98 Å². The molecule has 27 heavy (non-hydrogen) atoms. The van der Waals surface area contributed by atoms with E-state index in [-0.39, 0.29) is 5.41 Å². The second-order valence-electron chi connectivity index (χ2n) is 8.01. The molecule has 1 aliphatic heterocycles. The van der Waals surface area contributed by atoms with Gasteiger partial charge in [-0.15, -0.1) is 16.4 Å². The Morgan fingerprint density at radius 1 is 1.19 bits per heavy atom. The summed E-state index contributed by atoms with van der Waals surface area (Å²) in [6, 6.07) is 9.44. The van der Waals surface area contributed by atoms with Crippen molar-refractivity contribution in [1.29, 1.82) is 0 Å². The van der Waals surface area contributed by atoms with Crippen LogP contribution < -0.4 is 10.6 Å². The topological polar surface area (TPSA) is 75.9 Å². The predicted octanol–water partition coefficient (Wildman–Crippen LogP) is 4.24. The molecule has 1 atom stereocenters. The van der Waals surface area contributed by atoms with Crippen molar-refractivity contribution in [2.24, 2.45) is 0 Å². The summed E-state index contributed by atoms with van der Waals surface area (Å²) in [5, 5.41) is 15.9. The van der Waals surface area contributed by atoms with E-state index in [1.807, 2.05) is 6.92 Å². The van der Waals surface area contributed by atoms with Crippen molar-refractivity contribution in [2.75, 3.05) is 18.4 Å². The predicted molar refractivity (Wildman–Crippen MR) is 109 cm³/mol. The molecule has 6 nitrogen and oxygen atoms in total. The maximum Gasteiger partial charge on any atom is 0.316 e. The van der Waals surface area contributed by atoms with Gasteiger partial charge in [-0.3, -0.25) is 0 Å². The number of nitrogens with zero attached hydrogens (tertiary/aromatic N) is 3. The SMILES string of the molecule is Cc1nc(-c2ccc(C(C)(C)C)cc2)sc1-c1nnc(NC2CCNC2)o1. The summed E-state index contributed by atoms with van der Waals surface area (Å²) in [5.74, 6) is 0.524. The second-order valence-corrected chi connectivity index (χ2v) is 9.01. The first-order valence-corrected chi connectivity index (χ1v) is 10.1. The first-order valence-electron chi connectivity index (χ1n) is 9.29. The van der Waals surface area contributed by atoms with Crippen LogP contribution in [-0.2, 0) is 5.41 Å². The average molecular weight is 384 g/mol. The van der Waals surface area contributed by atoms with Crippen LogP contribution in [0.5, 0.6) is 0 Å². The van der Waals surface area contributed by atoms with E-state index in [4.69, 9.17) is 9.40 Å². The number of nitrogens with one attached hydrogen (secondary N) is 2. The molecule has 1 saturated heterocycles. The smallest absolute Gasteiger partial charge is 0.316 e. The molecule has 0 amide bonds. The van der Waals surface area contributed by atoms with Crippen LogP contribution in [0.2, 0.25) is 0 Å². The van der Waals surface area contributed by atoms with E-state index < -0.39 is 0 Å². The zero-order valence-corrected chi connectivity index (χ0v) is 17.0. The van der Waals surface area contributed by atoms with Gasteiger partial charge in [0.1, 0.15) is 9.88 Å². The molecule has 2 N–H and O–H groups in total. The minimum absolute atomic E-state index is 0.143. The number of aryl methyl sites for hydroxylation is 1. The minimum atomic E-state index is 0.143. The summed E-state index contributed by atoms with van der Waals surface area (Å²) in [5.41, 5.74) is 3.48. The molecule has 3 heterocycles. The van der Waals surface area contributed by atoms with Gasteiger partial charge in [0, 0.05) is 18.2 Å². The third-order valence-corrected chi connectivity index (χ3v) is 6.00. The zero-order valence-electron chi connectivity index (χ0n) is 16.2. The number of benzene rings is 1. The quantitative estimate of drug-likeness (QED) is 0.702. The summed E-state index contributed by atoms with van der Waals surface area (Å²) < 4.78 is 5.83. The van der Waals surface area contributed by atoms with E-state index >= 15 is 0 Å². The molecule has 4 rings (SSSR count). The van der Waals surface area contributed by atoms with Gasteiger partial charge in [0.25, 0.3) is 5.89 Å². The first-order chi connectivity index (χ1) is 12.9. The molecule has 1 unspecified atom stereocenters. The maximum absolute atomic E-state index is 5.83. The number of rotatable bonds is 4. The standard InChI is InChI=1S/C20H25N5OS/c1-12-16(17-24-25-19(26-17)23-15-9-10-21-11-15)27-18(22-12)13-5-7-14(8-6-13)20(2,3)4/h5-8,15,21H,9-11H2,1-4H3,(H,23,25). The minimum Gasteiger partial charge on any atom is -0.402 e. The summed E-state index contributed by atoms with van der Waals surface area (Å²) in [6.07, 6.45) is 1.06. The van der Waals surface area contributed by atoms with Crippen molar-refractivity contribution in [2.45, 2.75) is 45.6 Å². The molecule has 0 bridgehead atoms. The lowest BCUT2D eigenvalue weighted by molar-refractivity contribution is 0.571. The normalized spacial score (nSPS) is 17.4. The highest BCUT2D eigenvalue weighted by molar-refractivity contribution is 7.18. The highest BCUT2D eigenvalue weighted by Gasteiger charge is 2.20. The van der Waals surface area contributed by atoms with Gasteiger partial charge in [-0.1, -0.05) is 50.1 Å². The molecule has 3 aromatic rings. The molecule has 7 heteroatoms. The second kappa shape index (κ2) is 7.05. The Kier molecular flexibility index (Phi) is 4.74. The molecule has 1 aromatic carbocycles. The van der Waals surface area contributed by atoms with E-state index in [1.165, 1.54) is 5.56 Å². The van der Waals surface area contributed by atoms with Crippen molar-refractivity contribution in [1.82, 2.24) is 20.5 Å². The monoisotopic (exact) mass is 383 g/mol. The Morgan fingerprint density at radius 3 is 2.63 bits per heavy atom. The molecule has 0 saturated carbocycles. The van der Waals surface area contributed by atoms with E-state index in [0.29, 0.717) is 17.9 Å². The van der Waals surface area contributed by atoms with Crippen LogP contribution in [0.15, 0.2) is 28.7 Å². The lowest BCUT2D eigenvalue weighted by atomic mass is 9.87. The fourth-order valence-electron chi connectivity index (χ4n) is 3.16. The molecule has 2 aromatic heterocycles. The molecule has 0 aliphatic carbocycles. The third kappa shape index (κ3) is 3.89. The van der Waals surface area contributed by atoms with Gasteiger partial charge >= 0.3 is 6.01 Å². The molecule has 0 radical (unpaired) electrons. The number of hydrogen-bond donors (Lipinski definition) is 2. The average Bonchev–Trinajstić information content (AvgIpc) is 3.36. The number of anilines is 1. The van der Waals surface area contributed by atoms with E-state index in [2.05, 4.69) is 65.9 Å². The van der Waals surface area contributed by atoms with Gasteiger partial charge in [0.05, 0.1) is 5.69 Å². The molecular weight excluding hydrogens is 358 g/mol. The van der Waals surface area contributed by atoms with Gasteiger partial charge < -0.3 is 15.1 Å². The molecule has 1 aliphatic rings. The highest BCUT2D eigenvalue weighted by Crippen LogP contribution is 2.35. The Hall–Kier alpha value is -2.25. The maximum atomic E-state index is 5.83. The fourth-order valence-corrected chi connectivity index (χ4v) is 4.15. The van der Waals surface area contributed by atoms with Gasteiger partial charge in [0.2, 0.25) is 0 Å². The fraction of sp³-hybridized carbons (Fsp3) is 0.450. The van der Waals surface area contributed by atoms with Crippen LogP contribution >= 0.6 is 11.3 Å². The van der Waals surface area contributed by atoms with Crippen LogP contribution in [-0.4, -0.2) is 34.3 Å². The number of thiazole rings is 1. The van der Waals surface area contributed by atoms with Crippen molar-refractivity contribution < 1.29 is 4.42 Å². The summed E-state index contributed by atoms with van der Waals surface area (Å²) in [7, 11) is 0. The van der Waals surface area contributed by atoms with Crippen LogP contribution in [0.4, 0.5) is 6.01 Å². The van der Waals surface area contributed by atoms with Gasteiger partial charge in [-0.05, 0) is 30.9 Å².